The Labute approximate surface area is 124 Å². The number of benzene rings is 1. The van der Waals surface area contributed by atoms with Crippen LogP contribution in [0, 0.1) is 5.82 Å². The summed E-state index contributed by atoms with van der Waals surface area (Å²) < 4.78 is 18.5. The van der Waals surface area contributed by atoms with Gasteiger partial charge in [0.2, 0.25) is 0 Å². The van der Waals surface area contributed by atoms with E-state index >= 15 is 0 Å². The van der Waals surface area contributed by atoms with Gasteiger partial charge in [0, 0.05) is 11.3 Å². The van der Waals surface area contributed by atoms with Gasteiger partial charge in [-0.25, -0.2) is 4.39 Å². The van der Waals surface area contributed by atoms with Crippen molar-refractivity contribution in [1.29, 1.82) is 0 Å². The lowest BCUT2D eigenvalue weighted by Gasteiger charge is -2.23. The van der Waals surface area contributed by atoms with E-state index in [2.05, 4.69) is 0 Å². The highest BCUT2D eigenvalue weighted by atomic mass is 32.2. The number of esters is 1. The zero-order valence-corrected chi connectivity index (χ0v) is 13.2. The number of thioether (sulfide) groups is 1. The van der Waals surface area contributed by atoms with Crippen LogP contribution in [0.2, 0.25) is 0 Å². The molecule has 2 unspecified atom stereocenters. The van der Waals surface area contributed by atoms with Crippen molar-refractivity contribution >= 4 is 17.7 Å². The Balaban J connectivity index is 2.68. The van der Waals surface area contributed by atoms with Crippen molar-refractivity contribution in [2.45, 2.75) is 44.6 Å². The van der Waals surface area contributed by atoms with Crippen molar-refractivity contribution in [2.75, 3.05) is 5.75 Å². The summed E-state index contributed by atoms with van der Waals surface area (Å²) in [5.74, 6) is -0.393. The van der Waals surface area contributed by atoms with Gasteiger partial charge in [0.1, 0.15) is 11.4 Å². The molecule has 0 aliphatic rings. The van der Waals surface area contributed by atoms with Crippen molar-refractivity contribution in [3.05, 3.63) is 35.6 Å². The van der Waals surface area contributed by atoms with Crippen LogP contribution in [0.3, 0.4) is 0 Å². The molecule has 0 heterocycles. The first-order valence-corrected chi connectivity index (χ1v) is 7.58. The lowest BCUT2D eigenvalue weighted by molar-refractivity contribution is -0.151. The zero-order valence-electron chi connectivity index (χ0n) is 12.4. The highest BCUT2D eigenvalue weighted by Crippen LogP contribution is 2.31. The predicted molar refractivity (Wildman–Crippen MR) is 81.1 cm³/mol. The van der Waals surface area contributed by atoms with Crippen LogP contribution in [-0.4, -0.2) is 23.4 Å². The molecular weight excluding hydrogens is 277 g/mol. The molecule has 20 heavy (non-hydrogen) atoms. The van der Waals surface area contributed by atoms with Gasteiger partial charge in [-0.15, -0.1) is 11.8 Å². The molecule has 0 amide bonds. The third-order valence-corrected chi connectivity index (χ3v) is 3.92. The van der Waals surface area contributed by atoms with Crippen LogP contribution in [0.4, 0.5) is 4.39 Å². The molecule has 112 valence electrons. The molecule has 0 aliphatic carbocycles. The molecule has 0 aliphatic heterocycles. The number of carbonyl (C=O) groups excluding carboxylic acids is 1. The molecule has 0 radical (unpaired) electrons. The lowest BCUT2D eigenvalue weighted by Crippen LogP contribution is -2.27. The van der Waals surface area contributed by atoms with E-state index in [1.165, 1.54) is 23.9 Å². The average molecular weight is 299 g/mol. The molecule has 0 saturated carbocycles. The van der Waals surface area contributed by atoms with Crippen molar-refractivity contribution in [3.63, 3.8) is 0 Å². The summed E-state index contributed by atoms with van der Waals surface area (Å²) in [5, 5.41) is -0.141. The summed E-state index contributed by atoms with van der Waals surface area (Å²) in [4.78, 5) is 11.7. The van der Waals surface area contributed by atoms with Crippen LogP contribution >= 0.6 is 11.8 Å². The standard InChI is InChI=1S/C15H22FNO2S/c1-10(17)14(11-6-5-7-12(16)8-11)20-9-13(18)19-15(2,3)4/h5-8,10,14H,9,17H2,1-4H3. The van der Waals surface area contributed by atoms with Gasteiger partial charge in [0.05, 0.1) is 5.75 Å². The van der Waals surface area contributed by atoms with E-state index in [4.69, 9.17) is 10.5 Å². The monoisotopic (exact) mass is 299 g/mol. The van der Waals surface area contributed by atoms with Gasteiger partial charge in [-0.3, -0.25) is 4.79 Å². The Morgan fingerprint density at radius 2 is 2.10 bits per heavy atom. The van der Waals surface area contributed by atoms with E-state index in [0.717, 1.165) is 5.56 Å². The smallest absolute Gasteiger partial charge is 0.316 e. The summed E-state index contributed by atoms with van der Waals surface area (Å²) in [6.07, 6.45) is 0. The predicted octanol–water partition coefficient (Wildman–Crippen LogP) is 3.29. The molecule has 1 aromatic carbocycles. The fourth-order valence-electron chi connectivity index (χ4n) is 1.76. The van der Waals surface area contributed by atoms with Gasteiger partial charge in [0.15, 0.2) is 0 Å². The highest BCUT2D eigenvalue weighted by Gasteiger charge is 2.21. The number of rotatable bonds is 5. The van der Waals surface area contributed by atoms with Gasteiger partial charge >= 0.3 is 5.97 Å². The summed E-state index contributed by atoms with van der Waals surface area (Å²) in [6, 6.07) is 6.12. The molecule has 5 heteroatoms. The molecule has 0 saturated heterocycles. The lowest BCUT2D eigenvalue weighted by atomic mass is 10.1. The van der Waals surface area contributed by atoms with Gasteiger partial charge in [-0.2, -0.15) is 0 Å². The Kier molecular flexibility index (Phi) is 6.02. The third kappa shape index (κ3) is 5.92. The molecule has 2 N–H and O–H groups in total. The second-order valence-electron chi connectivity index (χ2n) is 5.73. The van der Waals surface area contributed by atoms with E-state index in [1.54, 1.807) is 6.07 Å². The number of ether oxygens (including phenoxy) is 1. The topological polar surface area (TPSA) is 52.3 Å². The van der Waals surface area contributed by atoms with Gasteiger partial charge in [-0.1, -0.05) is 12.1 Å². The Bertz CT molecular complexity index is 457. The molecule has 1 rings (SSSR count). The number of halogens is 1. The minimum atomic E-state index is -0.500. The maximum absolute atomic E-state index is 13.3. The minimum Gasteiger partial charge on any atom is -0.459 e. The van der Waals surface area contributed by atoms with E-state index in [9.17, 15) is 9.18 Å². The van der Waals surface area contributed by atoms with E-state index in [0.29, 0.717) is 0 Å². The number of nitrogens with two attached hydrogens (primary N) is 1. The molecule has 2 atom stereocenters. The molecule has 0 fully saturated rings. The fraction of sp³-hybridized carbons (Fsp3) is 0.533. The first-order chi connectivity index (χ1) is 9.19. The molecular formula is C15H22FNO2S. The molecule has 1 aromatic rings. The maximum Gasteiger partial charge on any atom is 0.316 e. The fourth-order valence-corrected chi connectivity index (χ4v) is 2.78. The van der Waals surface area contributed by atoms with Crippen LogP contribution in [0.25, 0.3) is 0 Å². The summed E-state index contributed by atoms with van der Waals surface area (Å²) in [7, 11) is 0. The Morgan fingerprint density at radius 1 is 1.45 bits per heavy atom. The first kappa shape index (κ1) is 17.0. The largest absolute Gasteiger partial charge is 0.459 e. The van der Waals surface area contributed by atoms with Crippen LogP contribution in [-0.2, 0) is 9.53 Å². The second kappa shape index (κ2) is 7.09. The summed E-state index contributed by atoms with van der Waals surface area (Å²) >= 11 is 1.37. The van der Waals surface area contributed by atoms with E-state index in [-0.39, 0.29) is 28.8 Å². The summed E-state index contributed by atoms with van der Waals surface area (Å²) in [5.41, 5.74) is 6.22. The van der Waals surface area contributed by atoms with Crippen LogP contribution in [0.15, 0.2) is 24.3 Å². The highest BCUT2D eigenvalue weighted by molar-refractivity contribution is 8.00. The summed E-state index contributed by atoms with van der Waals surface area (Å²) in [6.45, 7) is 7.32. The Morgan fingerprint density at radius 3 is 2.60 bits per heavy atom. The van der Waals surface area contributed by atoms with Crippen molar-refractivity contribution in [3.8, 4) is 0 Å². The van der Waals surface area contributed by atoms with Gasteiger partial charge < -0.3 is 10.5 Å². The van der Waals surface area contributed by atoms with Crippen LogP contribution in [0.5, 0.6) is 0 Å². The Hall–Kier alpha value is -1.07. The third-order valence-electron chi connectivity index (χ3n) is 2.46. The van der Waals surface area contributed by atoms with E-state index in [1.807, 2.05) is 33.8 Å². The molecule has 0 spiro atoms. The number of carbonyl (C=O) groups is 1. The number of hydrogen-bond acceptors (Lipinski definition) is 4. The van der Waals surface area contributed by atoms with Gasteiger partial charge in [0.25, 0.3) is 0 Å². The zero-order chi connectivity index (χ0) is 15.3. The van der Waals surface area contributed by atoms with Crippen LogP contribution < -0.4 is 5.73 Å². The molecule has 0 bridgehead atoms. The quantitative estimate of drug-likeness (QED) is 0.848. The SMILES string of the molecule is CC(N)C(SCC(=O)OC(C)(C)C)c1cccc(F)c1. The maximum atomic E-state index is 13.3. The van der Waals surface area contributed by atoms with E-state index < -0.39 is 5.60 Å². The normalized spacial score (nSPS) is 14.7. The number of hydrogen-bond donors (Lipinski definition) is 1. The molecule has 0 aromatic heterocycles. The van der Waals surface area contributed by atoms with Crippen molar-refractivity contribution < 1.29 is 13.9 Å². The average Bonchev–Trinajstić information content (AvgIpc) is 2.26. The van der Waals surface area contributed by atoms with Crippen molar-refractivity contribution in [1.82, 2.24) is 0 Å². The van der Waals surface area contributed by atoms with Gasteiger partial charge in [-0.05, 0) is 45.4 Å². The second-order valence-corrected chi connectivity index (χ2v) is 6.86. The molecule has 3 nitrogen and oxygen atoms in total. The first-order valence-electron chi connectivity index (χ1n) is 6.53. The minimum absolute atomic E-state index is 0.141. The van der Waals surface area contributed by atoms with Crippen LogP contribution in [0.1, 0.15) is 38.5 Å². The van der Waals surface area contributed by atoms with Crippen molar-refractivity contribution in [2.24, 2.45) is 5.73 Å².